The maximum atomic E-state index is 12.6. The van der Waals surface area contributed by atoms with Gasteiger partial charge in [0.15, 0.2) is 0 Å². The lowest BCUT2D eigenvalue weighted by atomic mass is 9.77. The highest BCUT2D eigenvalue weighted by Gasteiger charge is 2.44. The second-order valence-electron chi connectivity index (χ2n) is 7.98. The maximum absolute atomic E-state index is 12.6. The summed E-state index contributed by atoms with van der Waals surface area (Å²) in [5.41, 5.74) is 4.15. The average molecular weight is 349 g/mol. The van der Waals surface area contributed by atoms with Gasteiger partial charge in [0.25, 0.3) is 0 Å². The van der Waals surface area contributed by atoms with Crippen LogP contribution in [0.3, 0.4) is 0 Å². The second kappa shape index (κ2) is 7.20. The molecule has 2 saturated heterocycles. The van der Waals surface area contributed by atoms with Crippen LogP contribution in [0.2, 0.25) is 0 Å². The molecule has 2 aliphatic heterocycles. The van der Waals surface area contributed by atoms with Crippen molar-refractivity contribution in [1.82, 2.24) is 14.8 Å². The Morgan fingerprint density at radius 2 is 1.77 bits per heavy atom. The fourth-order valence-electron chi connectivity index (χ4n) is 4.38. The van der Waals surface area contributed by atoms with Gasteiger partial charge in [0.05, 0.1) is 0 Å². The van der Waals surface area contributed by atoms with Crippen molar-refractivity contribution >= 4 is 5.91 Å². The Kier molecular flexibility index (Phi) is 4.77. The Labute approximate surface area is 155 Å². The summed E-state index contributed by atoms with van der Waals surface area (Å²) >= 11 is 0. The number of carbonyl (C=O) groups excluding carboxylic acids is 1. The van der Waals surface area contributed by atoms with Crippen LogP contribution in [0.15, 0.2) is 48.8 Å². The minimum Gasteiger partial charge on any atom is -0.338 e. The molecule has 0 unspecified atom stereocenters. The molecular weight excluding hydrogens is 322 g/mol. The number of likely N-dealkylation sites (tertiary alicyclic amines) is 2. The Morgan fingerprint density at radius 3 is 2.50 bits per heavy atom. The van der Waals surface area contributed by atoms with Crippen molar-refractivity contribution < 1.29 is 4.79 Å². The van der Waals surface area contributed by atoms with Crippen molar-refractivity contribution in [2.24, 2.45) is 5.41 Å². The third-order valence-corrected chi connectivity index (χ3v) is 6.10. The molecule has 0 saturated carbocycles. The van der Waals surface area contributed by atoms with Crippen LogP contribution in [-0.4, -0.2) is 40.3 Å². The fraction of sp³-hybridized carbons (Fsp3) is 0.455. The van der Waals surface area contributed by atoms with Gasteiger partial charge in [-0.1, -0.05) is 24.3 Å². The van der Waals surface area contributed by atoms with Gasteiger partial charge in [0.1, 0.15) is 0 Å². The molecule has 1 aromatic heterocycles. The molecule has 4 rings (SSSR count). The number of rotatable bonds is 4. The third-order valence-electron chi connectivity index (χ3n) is 6.10. The number of piperidine rings is 1. The third kappa shape index (κ3) is 3.65. The normalized spacial score (nSPS) is 20.0. The molecule has 4 nitrogen and oxygen atoms in total. The van der Waals surface area contributed by atoms with Gasteiger partial charge in [-0.3, -0.25) is 14.7 Å². The number of aromatic nitrogens is 1. The molecule has 2 aromatic rings. The predicted octanol–water partition coefficient (Wildman–Crippen LogP) is 3.40. The number of carbonyl (C=O) groups is 1. The Morgan fingerprint density at radius 1 is 1.04 bits per heavy atom. The molecule has 1 spiro atoms. The summed E-state index contributed by atoms with van der Waals surface area (Å²) in [6.45, 7) is 7.02. The van der Waals surface area contributed by atoms with E-state index in [9.17, 15) is 4.79 Å². The van der Waals surface area contributed by atoms with Crippen LogP contribution < -0.4 is 0 Å². The van der Waals surface area contributed by atoms with Gasteiger partial charge < -0.3 is 4.90 Å². The van der Waals surface area contributed by atoms with E-state index in [-0.39, 0.29) is 5.41 Å². The van der Waals surface area contributed by atoms with Crippen molar-refractivity contribution in [3.05, 3.63) is 65.5 Å². The monoisotopic (exact) mass is 349 g/mol. The quantitative estimate of drug-likeness (QED) is 0.849. The zero-order valence-electron chi connectivity index (χ0n) is 15.5. The van der Waals surface area contributed by atoms with Crippen molar-refractivity contribution in [1.29, 1.82) is 0 Å². The number of hydrogen-bond donors (Lipinski definition) is 0. The molecule has 26 heavy (non-hydrogen) atoms. The number of hydrogen-bond acceptors (Lipinski definition) is 3. The molecular formula is C22H27N3O. The SMILES string of the molecule is Cc1ccccc1CN1CCC2(CC1)CC(=O)N(Cc1ccncc1)C2. The van der Waals surface area contributed by atoms with Crippen LogP contribution in [0.1, 0.15) is 36.0 Å². The van der Waals surface area contributed by atoms with E-state index in [4.69, 9.17) is 0 Å². The molecule has 0 aliphatic carbocycles. The van der Waals surface area contributed by atoms with E-state index in [1.807, 2.05) is 17.0 Å². The molecule has 2 aliphatic rings. The first-order valence-electron chi connectivity index (χ1n) is 9.57. The molecule has 4 heteroatoms. The van der Waals surface area contributed by atoms with Crippen LogP contribution in [0.4, 0.5) is 0 Å². The van der Waals surface area contributed by atoms with Gasteiger partial charge in [-0.2, -0.15) is 0 Å². The Hall–Kier alpha value is -2.20. The smallest absolute Gasteiger partial charge is 0.223 e. The van der Waals surface area contributed by atoms with E-state index < -0.39 is 0 Å². The van der Waals surface area contributed by atoms with Gasteiger partial charge in [-0.15, -0.1) is 0 Å². The number of aryl methyl sites for hydroxylation is 1. The van der Waals surface area contributed by atoms with E-state index in [1.54, 1.807) is 12.4 Å². The van der Waals surface area contributed by atoms with Gasteiger partial charge in [0, 0.05) is 38.4 Å². The molecule has 0 N–H and O–H groups in total. The van der Waals surface area contributed by atoms with Gasteiger partial charge in [0.2, 0.25) is 5.91 Å². The lowest BCUT2D eigenvalue weighted by molar-refractivity contribution is -0.128. The summed E-state index contributed by atoms with van der Waals surface area (Å²) in [4.78, 5) is 21.2. The van der Waals surface area contributed by atoms with Crippen LogP contribution in [0, 0.1) is 12.3 Å². The summed E-state index contributed by atoms with van der Waals surface area (Å²) in [5.74, 6) is 0.314. The first kappa shape index (κ1) is 17.2. The van der Waals surface area contributed by atoms with Crippen molar-refractivity contribution in [3.63, 3.8) is 0 Å². The summed E-state index contributed by atoms with van der Waals surface area (Å²) in [6, 6.07) is 12.7. The predicted molar refractivity (Wildman–Crippen MR) is 102 cm³/mol. The van der Waals surface area contributed by atoms with Crippen molar-refractivity contribution in [2.75, 3.05) is 19.6 Å². The Balaban J connectivity index is 1.35. The van der Waals surface area contributed by atoms with Crippen LogP contribution >= 0.6 is 0 Å². The largest absolute Gasteiger partial charge is 0.338 e. The van der Waals surface area contributed by atoms with Crippen LogP contribution in [0.25, 0.3) is 0 Å². The number of pyridine rings is 1. The van der Waals surface area contributed by atoms with E-state index in [0.717, 1.165) is 52.0 Å². The minimum atomic E-state index is 0.187. The van der Waals surface area contributed by atoms with E-state index in [1.165, 1.54) is 16.7 Å². The van der Waals surface area contributed by atoms with Gasteiger partial charge in [-0.25, -0.2) is 0 Å². The highest BCUT2D eigenvalue weighted by atomic mass is 16.2. The minimum absolute atomic E-state index is 0.187. The van der Waals surface area contributed by atoms with E-state index in [0.29, 0.717) is 5.91 Å². The summed E-state index contributed by atoms with van der Waals surface area (Å²) in [6.07, 6.45) is 6.57. The summed E-state index contributed by atoms with van der Waals surface area (Å²) in [5, 5.41) is 0. The highest BCUT2D eigenvalue weighted by molar-refractivity contribution is 5.79. The molecule has 2 fully saturated rings. The molecule has 0 atom stereocenters. The fourth-order valence-corrected chi connectivity index (χ4v) is 4.38. The first-order chi connectivity index (χ1) is 12.6. The summed E-state index contributed by atoms with van der Waals surface area (Å²) in [7, 11) is 0. The highest BCUT2D eigenvalue weighted by Crippen LogP contribution is 2.41. The number of benzene rings is 1. The van der Waals surface area contributed by atoms with E-state index >= 15 is 0 Å². The molecule has 3 heterocycles. The topological polar surface area (TPSA) is 36.4 Å². The molecule has 1 aromatic carbocycles. The van der Waals surface area contributed by atoms with Crippen LogP contribution in [-0.2, 0) is 17.9 Å². The second-order valence-corrected chi connectivity index (χ2v) is 7.98. The number of amides is 1. The molecule has 0 bridgehead atoms. The lowest BCUT2D eigenvalue weighted by Gasteiger charge is -2.39. The van der Waals surface area contributed by atoms with Crippen LogP contribution in [0.5, 0.6) is 0 Å². The molecule has 0 radical (unpaired) electrons. The molecule has 1 amide bonds. The Bertz CT molecular complexity index is 766. The van der Waals surface area contributed by atoms with E-state index in [2.05, 4.69) is 41.1 Å². The average Bonchev–Trinajstić information content (AvgIpc) is 2.95. The standard InChI is InChI=1S/C22H27N3O/c1-18-4-2-3-5-20(18)16-24-12-8-22(9-13-24)14-21(26)25(17-22)15-19-6-10-23-11-7-19/h2-7,10-11H,8-9,12-17H2,1H3. The zero-order chi connectivity index (χ0) is 18.0. The first-order valence-corrected chi connectivity index (χ1v) is 9.57. The summed E-state index contributed by atoms with van der Waals surface area (Å²) < 4.78 is 0. The van der Waals surface area contributed by atoms with Crippen molar-refractivity contribution in [2.45, 2.75) is 39.3 Å². The molecule has 136 valence electrons. The zero-order valence-corrected chi connectivity index (χ0v) is 15.5. The lowest BCUT2D eigenvalue weighted by Crippen LogP contribution is -2.41. The van der Waals surface area contributed by atoms with Gasteiger partial charge >= 0.3 is 0 Å². The van der Waals surface area contributed by atoms with Gasteiger partial charge in [-0.05, 0) is 67.1 Å². The number of nitrogens with zero attached hydrogens (tertiary/aromatic N) is 3. The maximum Gasteiger partial charge on any atom is 0.223 e. The van der Waals surface area contributed by atoms with Crippen molar-refractivity contribution in [3.8, 4) is 0 Å².